The minimum Gasteiger partial charge on any atom is -0.379 e. The van der Waals surface area contributed by atoms with E-state index in [1.807, 2.05) is 0 Å². The van der Waals surface area contributed by atoms with Crippen LogP contribution in [-0.4, -0.2) is 39.9 Å². The molecule has 0 heterocycles. The second kappa shape index (κ2) is 6.50. The first-order chi connectivity index (χ1) is 6.35. The van der Waals surface area contributed by atoms with Crippen LogP contribution in [0, 0.1) is 0 Å². The summed E-state index contributed by atoms with van der Waals surface area (Å²) in [5, 5.41) is 11.8. The summed E-state index contributed by atoms with van der Waals surface area (Å²) >= 11 is 0. The van der Waals surface area contributed by atoms with Crippen molar-refractivity contribution in [3.63, 3.8) is 0 Å². The van der Waals surface area contributed by atoms with E-state index in [2.05, 4.69) is 5.32 Å². The molecule has 86 valence electrons. The van der Waals surface area contributed by atoms with Crippen molar-refractivity contribution in [2.45, 2.75) is 32.0 Å². The molecule has 0 fully saturated rings. The van der Waals surface area contributed by atoms with E-state index in [1.54, 1.807) is 6.92 Å². The van der Waals surface area contributed by atoms with E-state index in [4.69, 9.17) is 20.6 Å². The topological polar surface area (TPSA) is 116 Å². The Labute approximate surface area is 83.7 Å². The van der Waals surface area contributed by atoms with Crippen LogP contribution in [0.4, 0.5) is 0 Å². The molecule has 0 saturated carbocycles. The molecule has 0 aliphatic rings. The Morgan fingerprint density at radius 2 is 2.07 bits per heavy atom. The van der Waals surface area contributed by atoms with E-state index in [0.29, 0.717) is 19.4 Å². The van der Waals surface area contributed by atoms with Crippen molar-refractivity contribution in [3.05, 3.63) is 0 Å². The third-order valence-corrected chi connectivity index (χ3v) is 2.66. The van der Waals surface area contributed by atoms with Crippen LogP contribution in [0.1, 0.15) is 19.8 Å². The van der Waals surface area contributed by atoms with Gasteiger partial charge >= 0.3 is 7.60 Å². The van der Waals surface area contributed by atoms with Crippen molar-refractivity contribution in [1.82, 2.24) is 5.32 Å². The van der Waals surface area contributed by atoms with E-state index < -0.39 is 13.8 Å². The van der Waals surface area contributed by atoms with Gasteiger partial charge in [-0.1, -0.05) is 0 Å². The molecule has 0 rings (SSSR count). The smallest absolute Gasteiger partial charge is 0.325 e. The Kier molecular flexibility index (Phi) is 6.52. The van der Waals surface area contributed by atoms with Crippen molar-refractivity contribution in [2.75, 3.05) is 12.7 Å². The summed E-state index contributed by atoms with van der Waals surface area (Å²) in [6.45, 7) is 1.91. The summed E-state index contributed by atoms with van der Waals surface area (Å²) in [6, 6.07) is -0.0958. The molecule has 6 N–H and O–H groups in total. The summed E-state index contributed by atoms with van der Waals surface area (Å²) < 4.78 is 10.5. The molecule has 6 nitrogen and oxygen atoms in total. The minimum absolute atomic E-state index is 0.0958. The molecular formula is C7H19N2O4P. The van der Waals surface area contributed by atoms with Gasteiger partial charge in [0, 0.05) is 18.7 Å². The van der Waals surface area contributed by atoms with Crippen molar-refractivity contribution >= 4 is 7.60 Å². The van der Waals surface area contributed by atoms with E-state index in [1.165, 1.54) is 0 Å². The van der Waals surface area contributed by atoms with Crippen molar-refractivity contribution in [3.8, 4) is 0 Å². The van der Waals surface area contributed by atoms with Crippen LogP contribution in [0.5, 0.6) is 0 Å². The number of aliphatic hydroxyl groups excluding tert-OH is 1. The quantitative estimate of drug-likeness (QED) is 0.287. The molecule has 0 spiro atoms. The molecule has 0 bridgehead atoms. The highest BCUT2D eigenvalue weighted by Gasteiger charge is 2.14. The lowest BCUT2D eigenvalue weighted by Gasteiger charge is -2.18. The van der Waals surface area contributed by atoms with Gasteiger partial charge in [0.05, 0.1) is 0 Å². The number of hydrogen-bond acceptors (Lipinski definition) is 4. The van der Waals surface area contributed by atoms with Gasteiger partial charge in [-0.15, -0.1) is 0 Å². The average molecular weight is 226 g/mol. The molecule has 0 aromatic rings. The van der Waals surface area contributed by atoms with E-state index in [-0.39, 0.29) is 12.2 Å². The summed E-state index contributed by atoms with van der Waals surface area (Å²) in [4.78, 5) is 17.2. The molecule has 14 heavy (non-hydrogen) atoms. The van der Waals surface area contributed by atoms with Crippen molar-refractivity contribution < 1.29 is 19.5 Å². The zero-order valence-corrected chi connectivity index (χ0v) is 9.15. The fourth-order valence-corrected chi connectivity index (χ4v) is 1.75. The molecule has 0 radical (unpaired) electrons. The highest BCUT2D eigenvalue weighted by atomic mass is 31.2. The molecule has 2 atom stereocenters. The Balaban J connectivity index is 3.68. The van der Waals surface area contributed by atoms with Gasteiger partial charge in [-0.2, -0.15) is 0 Å². The van der Waals surface area contributed by atoms with E-state index in [9.17, 15) is 4.57 Å². The van der Waals surface area contributed by atoms with Crippen molar-refractivity contribution in [2.24, 2.45) is 5.73 Å². The number of nitrogens with two attached hydrogens (primary N) is 1. The molecule has 0 aliphatic carbocycles. The van der Waals surface area contributed by atoms with Gasteiger partial charge in [0.2, 0.25) is 0 Å². The Morgan fingerprint density at radius 3 is 2.43 bits per heavy atom. The lowest BCUT2D eigenvalue weighted by Crippen LogP contribution is -2.41. The summed E-state index contributed by atoms with van der Waals surface area (Å²) in [7, 11) is -3.90. The first-order valence-electron chi connectivity index (χ1n) is 4.54. The number of aliphatic hydroxyl groups is 1. The van der Waals surface area contributed by atoms with Gasteiger partial charge in [-0.25, -0.2) is 0 Å². The van der Waals surface area contributed by atoms with Crippen LogP contribution >= 0.6 is 7.60 Å². The Morgan fingerprint density at radius 1 is 1.50 bits per heavy atom. The number of hydrogen-bond donors (Lipinski definition) is 5. The Bertz CT molecular complexity index is 194. The first-order valence-corrected chi connectivity index (χ1v) is 6.33. The Hall–Kier alpha value is 0.0300. The predicted molar refractivity (Wildman–Crippen MR) is 53.8 cm³/mol. The van der Waals surface area contributed by atoms with Gasteiger partial charge in [0.15, 0.2) is 0 Å². The molecule has 0 aromatic heterocycles. The third kappa shape index (κ3) is 8.62. The number of rotatable bonds is 7. The maximum Gasteiger partial charge on any atom is 0.325 e. The molecule has 7 heteroatoms. The van der Waals surface area contributed by atoms with Crippen LogP contribution in [-0.2, 0) is 4.57 Å². The molecule has 0 aromatic carbocycles. The van der Waals surface area contributed by atoms with Gasteiger partial charge in [0.1, 0.15) is 6.23 Å². The highest BCUT2D eigenvalue weighted by Crippen LogP contribution is 2.35. The highest BCUT2D eigenvalue weighted by molar-refractivity contribution is 7.51. The van der Waals surface area contributed by atoms with E-state index in [0.717, 1.165) is 0 Å². The van der Waals surface area contributed by atoms with Gasteiger partial charge in [-0.05, 0) is 19.8 Å². The van der Waals surface area contributed by atoms with Crippen molar-refractivity contribution in [1.29, 1.82) is 0 Å². The SMILES string of the molecule is CC(O)NC(CN)CCCP(=O)(O)O. The van der Waals surface area contributed by atoms with Crippen LogP contribution in [0.15, 0.2) is 0 Å². The van der Waals surface area contributed by atoms with Crippen LogP contribution in [0.3, 0.4) is 0 Å². The average Bonchev–Trinajstić information content (AvgIpc) is 1.99. The van der Waals surface area contributed by atoms with Crippen LogP contribution in [0.2, 0.25) is 0 Å². The normalized spacial score (nSPS) is 16.6. The standard InChI is InChI=1S/C7H19N2O4P/c1-6(10)9-7(5-8)3-2-4-14(11,12)13/h6-7,9-10H,2-5,8H2,1H3,(H2,11,12,13). The maximum atomic E-state index is 10.5. The molecule has 0 aliphatic heterocycles. The predicted octanol–water partition coefficient (Wildman–Crippen LogP) is -0.800. The zero-order chi connectivity index (χ0) is 11.2. The summed E-state index contributed by atoms with van der Waals surface area (Å²) in [5.41, 5.74) is 5.40. The molecule has 2 unspecified atom stereocenters. The first kappa shape index (κ1) is 14.0. The molecule has 0 amide bonds. The van der Waals surface area contributed by atoms with Gasteiger partial charge in [0.25, 0.3) is 0 Å². The fourth-order valence-electron chi connectivity index (χ4n) is 1.15. The van der Waals surface area contributed by atoms with Gasteiger partial charge < -0.3 is 20.6 Å². The second-order valence-electron chi connectivity index (χ2n) is 3.31. The molecular weight excluding hydrogens is 207 g/mol. The minimum atomic E-state index is -3.90. The van der Waals surface area contributed by atoms with Gasteiger partial charge in [-0.3, -0.25) is 9.88 Å². The zero-order valence-electron chi connectivity index (χ0n) is 8.26. The second-order valence-corrected chi connectivity index (χ2v) is 5.08. The lowest BCUT2D eigenvalue weighted by molar-refractivity contribution is 0.139. The van der Waals surface area contributed by atoms with Crippen LogP contribution < -0.4 is 11.1 Å². The molecule has 0 saturated heterocycles. The lowest BCUT2D eigenvalue weighted by atomic mass is 10.1. The maximum absolute atomic E-state index is 10.5. The monoisotopic (exact) mass is 226 g/mol. The summed E-state index contributed by atoms with van der Waals surface area (Å²) in [6.07, 6.45) is 0.155. The third-order valence-electron chi connectivity index (χ3n) is 1.76. The number of nitrogens with one attached hydrogen (secondary N) is 1. The fraction of sp³-hybridized carbons (Fsp3) is 1.00. The summed E-state index contributed by atoms with van der Waals surface area (Å²) in [5.74, 6) is 0. The van der Waals surface area contributed by atoms with E-state index >= 15 is 0 Å². The largest absolute Gasteiger partial charge is 0.379 e. The van der Waals surface area contributed by atoms with Crippen LogP contribution in [0.25, 0.3) is 0 Å².